The molecule has 5 rings (SSSR count). The van der Waals surface area contributed by atoms with Crippen LogP contribution in [0, 0.1) is 11.3 Å². The number of aryl methyl sites for hydroxylation is 1. The normalized spacial score (nSPS) is 27.5. The second-order valence-corrected chi connectivity index (χ2v) is 13.9. The molecule has 1 aromatic carbocycles. The summed E-state index contributed by atoms with van der Waals surface area (Å²) in [4.78, 5) is 66.3. The number of hydrogen-bond donors (Lipinski definition) is 1. The number of amides is 3. The number of methoxy groups -OCH3 is 2. The van der Waals surface area contributed by atoms with Crippen LogP contribution >= 0.6 is 0 Å². The van der Waals surface area contributed by atoms with Gasteiger partial charge in [-0.25, -0.2) is 19.6 Å². The first-order valence-electron chi connectivity index (χ1n) is 16.5. The highest BCUT2D eigenvalue weighted by molar-refractivity contribution is 5.91. The fraction of sp³-hybridized carbons (Fsp3) is 0.647. The molecule has 0 saturated carbocycles. The number of carbonyl (C=O) groups excluding carboxylic acids is 4. The lowest BCUT2D eigenvalue weighted by Gasteiger charge is -2.35. The molecular formula is C34H47N5O8. The Balaban J connectivity index is 1.55. The van der Waals surface area contributed by atoms with Gasteiger partial charge in [-0.2, -0.15) is 0 Å². The minimum atomic E-state index is -1.03. The van der Waals surface area contributed by atoms with Crippen LogP contribution in [0.15, 0.2) is 18.2 Å². The average Bonchev–Trinajstić information content (AvgIpc) is 3.57. The van der Waals surface area contributed by atoms with E-state index in [0.29, 0.717) is 54.2 Å². The van der Waals surface area contributed by atoms with Crippen molar-refractivity contribution in [2.45, 2.75) is 103 Å². The predicted octanol–water partition coefficient (Wildman–Crippen LogP) is 3.65. The van der Waals surface area contributed by atoms with Crippen molar-refractivity contribution in [3.05, 3.63) is 23.9 Å². The number of likely N-dealkylation sites (tertiary alicyclic amines) is 1. The summed E-state index contributed by atoms with van der Waals surface area (Å²) < 4.78 is 23.0. The molecule has 0 radical (unpaired) electrons. The Morgan fingerprint density at radius 1 is 1.00 bits per heavy atom. The summed E-state index contributed by atoms with van der Waals surface area (Å²) in [5, 5.41) is 2.81. The zero-order valence-electron chi connectivity index (χ0n) is 28.4. The third-order valence-corrected chi connectivity index (χ3v) is 9.63. The molecule has 2 aromatic rings. The lowest BCUT2D eigenvalue weighted by atomic mass is 9.85. The van der Waals surface area contributed by atoms with Crippen LogP contribution in [0.3, 0.4) is 0 Å². The van der Waals surface area contributed by atoms with Crippen LogP contribution in [0.5, 0.6) is 11.6 Å². The summed E-state index contributed by atoms with van der Waals surface area (Å²) >= 11 is 0. The molecule has 0 unspecified atom stereocenters. The molecule has 2 saturated heterocycles. The van der Waals surface area contributed by atoms with Crippen LogP contribution in [0.1, 0.15) is 72.4 Å². The third-order valence-electron chi connectivity index (χ3n) is 9.63. The molecule has 3 amide bonds. The van der Waals surface area contributed by atoms with Crippen LogP contribution in [0.25, 0.3) is 11.0 Å². The molecule has 1 aromatic heterocycles. The zero-order chi connectivity index (χ0) is 34.0. The lowest BCUT2D eigenvalue weighted by molar-refractivity contribution is -0.153. The molecule has 1 N–H and O–H groups in total. The molecule has 13 heteroatoms. The highest BCUT2D eigenvalue weighted by Gasteiger charge is 2.51. The van der Waals surface area contributed by atoms with Gasteiger partial charge in [-0.15, -0.1) is 0 Å². The minimum Gasteiger partial charge on any atom is -0.497 e. The van der Waals surface area contributed by atoms with Crippen molar-refractivity contribution >= 4 is 34.9 Å². The van der Waals surface area contributed by atoms with Gasteiger partial charge in [-0.1, -0.05) is 40.5 Å². The van der Waals surface area contributed by atoms with E-state index in [1.807, 2.05) is 39.8 Å². The van der Waals surface area contributed by atoms with Gasteiger partial charge >= 0.3 is 12.1 Å². The summed E-state index contributed by atoms with van der Waals surface area (Å²) in [5.74, 6) is -0.587. The van der Waals surface area contributed by atoms with Crippen molar-refractivity contribution in [2.24, 2.45) is 11.3 Å². The Morgan fingerprint density at radius 2 is 1.77 bits per heavy atom. The van der Waals surface area contributed by atoms with Gasteiger partial charge in [0.05, 0.1) is 37.8 Å². The smallest absolute Gasteiger partial charge is 0.408 e. The predicted molar refractivity (Wildman–Crippen MR) is 172 cm³/mol. The summed E-state index contributed by atoms with van der Waals surface area (Å²) in [5.41, 5.74) is 1.24. The molecule has 4 heterocycles. The Bertz CT molecular complexity index is 1510. The van der Waals surface area contributed by atoms with Gasteiger partial charge in [0.25, 0.3) is 0 Å². The average molecular weight is 654 g/mol. The van der Waals surface area contributed by atoms with E-state index >= 15 is 0 Å². The summed E-state index contributed by atoms with van der Waals surface area (Å²) in [7, 11) is 2.87. The number of fused-ring (bicyclic) bond motifs is 5. The number of aromatic nitrogens is 2. The highest BCUT2D eigenvalue weighted by Crippen LogP contribution is 2.34. The fourth-order valence-corrected chi connectivity index (χ4v) is 7.00. The van der Waals surface area contributed by atoms with Gasteiger partial charge in [0.1, 0.15) is 35.7 Å². The fourth-order valence-electron chi connectivity index (χ4n) is 7.00. The number of nitrogens with zero attached hydrogens (tertiary/aromatic N) is 4. The van der Waals surface area contributed by atoms with E-state index in [1.165, 1.54) is 18.9 Å². The molecule has 13 nitrogen and oxygen atoms in total. The van der Waals surface area contributed by atoms with Gasteiger partial charge in [-0.05, 0) is 36.8 Å². The Labute approximate surface area is 275 Å². The monoisotopic (exact) mass is 653 g/mol. The first kappa shape index (κ1) is 34.2. The standard InChI is InChI=1S/C34H47N5O8/c1-19-27-18-39(28(19)32(42)45-7)31(41)29(34(3,4)5)37-33(43)47-26-15-16-38(20(2)40)25(26)12-10-8-9-11-23-30(46-27)36-24-17-21(44-6)13-14-22(24)35-23/h13-14,17,19,25-29H,8-12,15-16,18H2,1-7H3,(H,37,43)/t19-,25+,26-,27+,28+,29-/m1/s1. The maximum absolute atomic E-state index is 14.3. The lowest BCUT2D eigenvalue weighted by Crippen LogP contribution is -2.57. The minimum absolute atomic E-state index is 0.0668. The van der Waals surface area contributed by atoms with Crippen molar-refractivity contribution in [1.82, 2.24) is 25.1 Å². The maximum atomic E-state index is 14.3. The SMILES string of the molecule is COC(=O)[C@@H]1[C@H](C)[C@@H]2CN1C(=O)[C@H](C(C)(C)C)NC(=O)O[C@@H]1CCN(C(C)=O)[C@H]1CCCCCc1nc3ccc(OC)cc3nc1O2. The van der Waals surface area contributed by atoms with Gasteiger partial charge < -0.3 is 34.1 Å². The largest absolute Gasteiger partial charge is 0.497 e. The number of ether oxygens (including phenoxy) is 4. The number of nitrogens with one attached hydrogen (secondary N) is 1. The van der Waals surface area contributed by atoms with Crippen LogP contribution < -0.4 is 14.8 Å². The third kappa shape index (κ3) is 7.23. The van der Waals surface area contributed by atoms with Gasteiger partial charge in [0, 0.05) is 31.9 Å². The van der Waals surface area contributed by atoms with Crippen molar-refractivity contribution in [1.29, 1.82) is 0 Å². The number of carbonyl (C=O) groups is 4. The number of benzene rings is 1. The molecule has 2 fully saturated rings. The van der Waals surface area contributed by atoms with E-state index in [9.17, 15) is 19.2 Å². The summed E-state index contributed by atoms with van der Waals surface area (Å²) in [6.07, 6.45) is 2.36. The van der Waals surface area contributed by atoms with E-state index in [-0.39, 0.29) is 18.5 Å². The molecule has 0 spiro atoms. The second kappa shape index (κ2) is 13.9. The van der Waals surface area contributed by atoms with E-state index in [4.69, 9.17) is 28.9 Å². The molecule has 0 aliphatic carbocycles. The van der Waals surface area contributed by atoms with Crippen LogP contribution in [-0.2, 0) is 30.3 Å². The first-order chi connectivity index (χ1) is 22.3. The Morgan fingerprint density at radius 3 is 2.45 bits per heavy atom. The highest BCUT2D eigenvalue weighted by atomic mass is 16.6. The zero-order valence-corrected chi connectivity index (χ0v) is 28.4. The van der Waals surface area contributed by atoms with Gasteiger partial charge in [-0.3, -0.25) is 9.59 Å². The number of rotatable bonds is 2. The Kier molecular flexibility index (Phi) is 10.1. The molecular weight excluding hydrogens is 606 g/mol. The first-order valence-corrected chi connectivity index (χ1v) is 16.5. The van der Waals surface area contributed by atoms with Crippen LogP contribution in [0.4, 0.5) is 4.79 Å². The Hall–Kier alpha value is -4.16. The van der Waals surface area contributed by atoms with E-state index < -0.39 is 53.6 Å². The van der Waals surface area contributed by atoms with Crippen molar-refractivity contribution in [3.63, 3.8) is 0 Å². The van der Waals surface area contributed by atoms with Crippen LogP contribution in [-0.4, -0.2) is 101 Å². The molecule has 2 bridgehead atoms. The van der Waals surface area contributed by atoms with E-state index in [0.717, 1.165) is 19.3 Å². The van der Waals surface area contributed by atoms with Crippen molar-refractivity contribution in [3.8, 4) is 11.6 Å². The number of esters is 1. The summed E-state index contributed by atoms with van der Waals surface area (Å²) in [6.45, 7) is 9.44. The second-order valence-electron chi connectivity index (χ2n) is 13.9. The van der Waals surface area contributed by atoms with Crippen LogP contribution in [0.2, 0.25) is 0 Å². The number of alkyl carbamates (subject to hydrolysis) is 1. The maximum Gasteiger partial charge on any atom is 0.408 e. The molecule has 256 valence electrons. The number of hydrogen-bond acceptors (Lipinski definition) is 10. The topological polar surface area (TPSA) is 149 Å². The molecule has 6 atom stereocenters. The van der Waals surface area contributed by atoms with Gasteiger partial charge in [0.2, 0.25) is 17.7 Å². The van der Waals surface area contributed by atoms with E-state index in [2.05, 4.69) is 5.32 Å². The quantitative estimate of drug-likeness (QED) is 0.476. The van der Waals surface area contributed by atoms with Crippen molar-refractivity contribution in [2.75, 3.05) is 27.3 Å². The molecule has 3 aliphatic heterocycles. The van der Waals surface area contributed by atoms with E-state index in [1.54, 1.807) is 18.1 Å². The van der Waals surface area contributed by atoms with Gasteiger partial charge in [0.15, 0.2) is 0 Å². The van der Waals surface area contributed by atoms with Crippen molar-refractivity contribution < 1.29 is 38.1 Å². The summed E-state index contributed by atoms with van der Waals surface area (Å²) in [6, 6.07) is 3.23. The molecule has 47 heavy (non-hydrogen) atoms. The molecule has 3 aliphatic rings.